The highest BCUT2D eigenvalue weighted by atomic mass is 79.9. The van der Waals surface area contributed by atoms with E-state index in [1.807, 2.05) is 0 Å². The lowest BCUT2D eigenvalue weighted by atomic mass is 10.2. The molecule has 0 aliphatic rings. The van der Waals surface area contributed by atoms with Crippen LogP contribution in [0.3, 0.4) is 0 Å². The number of benzene rings is 1. The molecule has 0 saturated heterocycles. The van der Waals surface area contributed by atoms with E-state index in [2.05, 4.69) is 52.1 Å². The number of thiophene rings is 1. The van der Waals surface area contributed by atoms with Gasteiger partial charge < -0.3 is 0 Å². The average Bonchev–Trinajstić information content (AvgIpc) is 2.46. The average molecular weight is 259 g/mol. The number of halogens is 1. The van der Waals surface area contributed by atoms with Crippen molar-refractivity contribution in [1.82, 2.24) is 0 Å². The Bertz CT molecular complexity index is 406. The van der Waals surface area contributed by atoms with Gasteiger partial charge in [-0.05, 0) is 28.5 Å². The Morgan fingerprint density at radius 2 is 2.25 bits per heavy atom. The number of hydrogen-bond donors (Lipinski definition) is 1. The molecule has 0 unspecified atom stereocenters. The van der Waals surface area contributed by atoms with Crippen LogP contribution in [0.1, 0.15) is 5.56 Å². The molecule has 0 radical (unpaired) electrons. The third-order valence-corrected chi connectivity index (χ3v) is 3.62. The molecule has 0 amide bonds. The molecule has 0 nitrogen and oxygen atoms in total. The molecule has 0 N–H and O–H groups in total. The third kappa shape index (κ3) is 1.41. The zero-order chi connectivity index (χ0) is 8.55. The van der Waals surface area contributed by atoms with E-state index in [-0.39, 0.29) is 0 Å². The summed E-state index contributed by atoms with van der Waals surface area (Å²) in [4.78, 5) is 0. The van der Waals surface area contributed by atoms with Gasteiger partial charge in [0, 0.05) is 14.9 Å². The zero-order valence-corrected chi connectivity index (χ0v) is 9.55. The van der Waals surface area contributed by atoms with Crippen molar-refractivity contribution in [1.29, 1.82) is 0 Å². The second-order valence-corrected chi connectivity index (χ2v) is 4.70. The first-order chi connectivity index (χ1) is 5.81. The van der Waals surface area contributed by atoms with Gasteiger partial charge in [-0.1, -0.05) is 22.0 Å². The predicted octanol–water partition coefficient (Wildman–Crippen LogP) is 4.09. The van der Waals surface area contributed by atoms with E-state index < -0.39 is 0 Å². The number of fused-ring (bicyclic) bond motifs is 1. The third-order valence-electron chi connectivity index (χ3n) is 1.79. The summed E-state index contributed by atoms with van der Waals surface area (Å²) in [5, 5.41) is 3.50. The summed E-state index contributed by atoms with van der Waals surface area (Å²) in [6.07, 6.45) is 0. The van der Waals surface area contributed by atoms with Crippen LogP contribution in [-0.2, 0) is 5.75 Å². The Morgan fingerprint density at radius 3 is 3.00 bits per heavy atom. The number of rotatable bonds is 1. The Balaban J connectivity index is 2.73. The van der Waals surface area contributed by atoms with Crippen molar-refractivity contribution in [2.75, 3.05) is 0 Å². The molecule has 0 fully saturated rings. The van der Waals surface area contributed by atoms with Crippen molar-refractivity contribution in [3.63, 3.8) is 0 Å². The van der Waals surface area contributed by atoms with E-state index in [4.69, 9.17) is 0 Å². The van der Waals surface area contributed by atoms with Gasteiger partial charge in [0.1, 0.15) is 0 Å². The molecule has 1 aromatic heterocycles. The van der Waals surface area contributed by atoms with Crippen LogP contribution in [0.2, 0.25) is 0 Å². The van der Waals surface area contributed by atoms with Crippen LogP contribution in [0, 0.1) is 0 Å². The Hall–Kier alpha value is 0.01000. The van der Waals surface area contributed by atoms with Crippen LogP contribution < -0.4 is 0 Å². The molecule has 0 aliphatic heterocycles. The summed E-state index contributed by atoms with van der Waals surface area (Å²) >= 11 is 9.50. The molecular formula is C9H7BrS2. The standard InChI is InChI=1S/C9H7BrS2/c10-7-1-2-8-6(4-11)5-12-9(8)3-7/h1-3,5,11H,4H2. The lowest BCUT2D eigenvalue weighted by Gasteiger charge is -1.93. The van der Waals surface area contributed by atoms with E-state index in [0.717, 1.165) is 10.2 Å². The summed E-state index contributed by atoms with van der Waals surface area (Å²) in [5.74, 6) is 0.821. The summed E-state index contributed by atoms with van der Waals surface area (Å²) in [6.45, 7) is 0. The minimum absolute atomic E-state index is 0.821. The molecule has 0 atom stereocenters. The summed E-state index contributed by atoms with van der Waals surface area (Å²) in [7, 11) is 0. The van der Waals surface area contributed by atoms with Crippen molar-refractivity contribution in [2.24, 2.45) is 0 Å². The van der Waals surface area contributed by atoms with E-state index in [0.29, 0.717) is 0 Å². The molecule has 0 saturated carbocycles. The maximum absolute atomic E-state index is 4.27. The molecule has 0 aliphatic carbocycles. The Kier molecular flexibility index (Phi) is 2.44. The topological polar surface area (TPSA) is 0 Å². The van der Waals surface area contributed by atoms with Gasteiger partial charge in [-0.15, -0.1) is 11.3 Å². The lowest BCUT2D eigenvalue weighted by Crippen LogP contribution is -1.72. The van der Waals surface area contributed by atoms with Gasteiger partial charge >= 0.3 is 0 Å². The minimum atomic E-state index is 0.821. The number of hydrogen-bond acceptors (Lipinski definition) is 2. The number of thiol groups is 1. The van der Waals surface area contributed by atoms with Crippen molar-refractivity contribution in [3.05, 3.63) is 33.6 Å². The molecule has 2 aromatic rings. The molecule has 2 rings (SSSR count). The molecule has 0 spiro atoms. The quantitative estimate of drug-likeness (QED) is 0.732. The second kappa shape index (κ2) is 3.40. The predicted molar refractivity (Wildman–Crippen MR) is 62.2 cm³/mol. The van der Waals surface area contributed by atoms with Crippen molar-refractivity contribution >= 4 is 50.0 Å². The highest BCUT2D eigenvalue weighted by Gasteiger charge is 2.01. The molecular weight excluding hydrogens is 252 g/mol. The van der Waals surface area contributed by atoms with Gasteiger partial charge in [0.05, 0.1) is 0 Å². The highest BCUT2D eigenvalue weighted by Crippen LogP contribution is 2.29. The molecule has 62 valence electrons. The maximum Gasteiger partial charge on any atom is 0.0357 e. The van der Waals surface area contributed by atoms with Gasteiger partial charge in [-0.3, -0.25) is 0 Å². The van der Waals surface area contributed by atoms with Gasteiger partial charge in [-0.2, -0.15) is 12.6 Å². The fourth-order valence-electron chi connectivity index (χ4n) is 1.18. The van der Waals surface area contributed by atoms with E-state index in [1.54, 1.807) is 11.3 Å². The molecule has 3 heteroatoms. The smallest absolute Gasteiger partial charge is 0.0357 e. The lowest BCUT2D eigenvalue weighted by molar-refractivity contribution is 1.53. The van der Waals surface area contributed by atoms with Crippen LogP contribution in [-0.4, -0.2) is 0 Å². The monoisotopic (exact) mass is 258 g/mol. The van der Waals surface area contributed by atoms with E-state index in [1.165, 1.54) is 15.6 Å². The van der Waals surface area contributed by atoms with Crippen LogP contribution in [0.15, 0.2) is 28.1 Å². The van der Waals surface area contributed by atoms with E-state index in [9.17, 15) is 0 Å². The van der Waals surface area contributed by atoms with Gasteiger partial charge in [0.25, 0.3) is 0 Å². The SMILES string of the molecule is SCc1csc2cc(Br)ccc12. The first-order valence-electron chi connectivity index (χ1n) is 3.58. The molecule has 0 bridgehead atoms. The zero-order valence-electron chi connectivity index (χ0n) is 6.25. The Morgan fingerprint density at radius 1 is 1.42 bits per heavy atom. The molecule has 1 heterocycles. The normalized spacial score (nSPS) is 10.8. The first kappa shape index (κ1) is 8.60. The van der Waals surface area contributed by atoms with Crippen molar-refractivity contribution in [2.45, 2.75) is 5.75 Å². The first-order valence-corrected chi connectivity index (χ1v) is 5.88. The largest absolute Gasteiger partial charge is 0.174 e. The van der Waals surface area contributed by atoms with Crippen LogP contribution in [0.5, 0.6) is 0 Å². The van der Waals surface area contributed by atoms with Gasteiger partial charge in [-0.25, -0.2) is 0 Å². The van der Waals surface area contributed by atoms with Crippen LogP contribution in [0.25, 0.3) is 10.1 Å². The van der Waals surface area contributed by atoms with Crippen molar-refractivity contribution < 1.29 is 0 Å². The van der Waals surface area contributed by atoms with E-state index >= 15 is 0 Å². The summed E-state index contributed by atoms with van der Waals surface area (Å²) in [5.41, 5.74) is 1.32. The molecule has 12 heavy (non-hydrogen) atoms. The highest BCUT2D eigenvalue weighted by molar-refractivity contribution is 9.10. The van der Waals surface area contributed by atoms with Gasteiger partial charge in [0.15, 0.2) is 0 Å². The van der Waals surface area contributed by atoms with Crippen LogP contribution >= 0.6 is 39.9 Å². The fraction of sp³-hybridized carbons (Fsp3) is 0.111. The van der Waals surface area contributed by atoms with Crippen LogP contribution in [0.4, 0.5) is 0 Å². The Labute approximate surface area is 89.1 Å². The molecule has 1 aromatic carbocycles. The second-order valence-electron chi connectivity index (χ2n) is 2.56. The summed E-state index contributed by atoms with van der Waals surface area (Å²) in [6, 6.07) is 6.36. The minimum Gasteiger partial charge on any atom is -0.174 e. The summed E-state index contributed by atoms with van der Waals surface area (Å²) < 4.78 is 2.47. The maximum atomic E-state index is 4.27. The fourth-order valence-corrected chi connectivity index (χ4v) is 3.08. The van der Waals surface area contributed by atoms with Crippen molar-refractivity contribution in [3.8, 4) is 0 Å². The van der Waals surface area contributed by atoms with Gasteiger partial charge in [0.2, 0.25) is 0 Å².